The van der Waals surface area contributed by atoms with Crippen molar-refractivity contribution in [1.29, 1.82) is 5.26 Å². The van der Waals surface area contributed by atoms with Crippen molar-refractivity contribution >= 4 is 11.9 Å². The molecule has 1 N–H and O–H groups in total. The number of carbonyl (C=O) groups excluding carboxylic acids is 1. The number of carboxylic acid groups (broad SMARTS) is 1. The molecule has 0 radical (unpaired) electrons. The van der Waals surface area contributed by atoms with Gasteiger partial charge in [-0.3, -0.25) is 9.59 Å². The first-order valence-corrected chi connectivity index (χ1v) is 7.10. The van der Waals surface area contributed by atoms with Crippen LogP contribution in [0.2, 0.25) is 0 Å². The van der Waals surface area contributed by atoms with Gasteiger partial charge in [0.05, 0.1) is 17.0 Å². The van der Waals surface area contributed by atoms with Crippen LogP contribution in [0.1, 0.15) is 35.2 Å². The molecule has 3 rings (SSSR count). The van der Waals surface area contributed by atoms with Crippen molar-refractivity contribution in [2.24, 2.45) is 11.3 Å². The summed E-state index contributed by atoms with van der Waals surface area (Å²) in [7, 11) is 0. The smallest absolute Gasteiger partial charge is 0.311 e. The Labute approximate surface area is 122 Å². The van der Waals surface area contributed by atoms with Crippen molar-refractivity contribution in [3.8, 4) is 6.07 Å². The average molecular weight is 284 g/mol. The summed E-state index contributed by atoms with van der Waals surface area (Å²) >= 11 is 0. The number of nitrogens with zero attached hydrogens (tertiary/aromatic N) is 2. The largest absolute Gasteiger partial charge is 0.481 e. The lowest BCUT2D eigenvalue weighted by molar-refractivity contribution is -0.149. The Morgan fingerprint density at radius 3 is 2.90 bits per heavy atom. The van der Waals surface area contributed by atoms with Crippen molar-refractivity contribution in [2.75, 3.05) is 13.1 Å². The molecule has 1 saturated carbocycles. The monoisotopic (exact) mass is 284 g/mol. The molecule has 1 heterocycles. The molecule has 0 aromatic heterocycles. The SMILES string of the molecule is N#Cc1cccc(C(=O)N2C[C@@H]3CCC[C@@]3(C(=O)O)C2)c1. The van der Waals surface area contributed by atoms with Gasteiger partial charge >= 0.3 is 5.97 Å². The van der Waals surface area contributed by atoms with Crippen LogP contribution in [0.4, 0.5) is 0 Å². The number of nitriles is 1. The second-order valence-electron chi connectivity index (χ2n) is 5.93. The number of carboxylic acids is 1. The fourth-order valence-electron chi connectivity index (χ4n) is 3.70. The van der Waals surface area contributed by atoms with E-state index in [1.54, 1.807) is 29.2 Å². The van der Waals surface area contributed by atoms with E-state index < -0.39 is 11.4 Å². The Kier molecular flexibility index (Phi) is 3.17. The third kappa shape index (κ3) is 2.07. The van der Waals surface area contributed by atoms with Crippen LogP contribution in [0, 0.1) is 22.7 Å². The third-order valence-corrected chi connectivity index (χ3v) is 4.82. The zero-order chi connectivity index (χ0) is 15.0. The summed E-state index contributed by atoms with van der Waals surface area (Å²) in [4.78, 5) is 25.8. The molecule has 1 aliphatic carbocycles. The van der Waals surface area contributed by atoms with Gasteiger partial charge in [0.2, 0.25) is 0 Å². The van der Waals surface area contributed by atoms with Crippen LogP contribution in [0.25, 0.3) is 0 Å². The van der Waals surface area contributed by atoms with Crippen LogP contribution in [-0.4, -0.2) is 35.0 Å². The predicted octanol–water partition coefficient (Wildman–Crippen LogP) is 1.89. The number of benzene rings is 1. The van der Waals surface area contributed by atoms with E-state index in [0.29, 0.717) is 24.1 Å². The van der Waals surface area contributed by atoms with Gasteiger partial charge in [-0.05, 0) is 37.0 Å². The Morgan fingerprint density at radius 2 is 2.24 bits per heavy atom. The van der Waals surface area contributed by atoms with E-state index >= 15 is 0 Å². The molecular formula is C16H16N2O3. The maximum Gasteiger partial charge on any atom is 0.311 e. The highest BCUT2D eigenvalue weighted by molar-refractivity contribution is 5.95. The van der Waals surface area contributed by atoms with Gasteiger partial charge in [-0.25, -0.2) is 0 Å². The molecule has 0 bridgehead atoms. The Bertz CT molecular complexity index is 649. The zero-order valence-electron chi connectivity index (χ0n) is 11.6. The Morgan fingerprint density at radius 1 is 1.43 bits per heavy atom. The Hall–Kier alpha value is -2.35. The van der Waals surface area contributed by atoms with Crippen LogP contribution in [0.3, 0.4) is 0 Å². The summed E-state index contributed by atoms with van der Waals surface area (Å²) in [5, 5.41) is 18.4. The van der Waals surface area contributed by atoms with Crippen molar-refractivity contribution in [1.82, 2.24) is 4.90 Å². The summed E-state index contributed by atoms with van der Waals surface area (Å²) in [5.41, 5.74) is 0.130. The summed E-state index contributed by atoms with van der Waals surface area (Å²) in [6.45, 7) is 0.782. The number of fused-ring (bicyclic) bond motifs is 1. The highest BCUT2D eigenvalue weighted by Crippen LogP contribution is 2.49. The van der Waals surface area contributed by atoms with Gasteiger partial charge in [0.25, 0.3) is 5.91 Å². The lowest BCUT2D eigenvalue weighted by Crippen LogP contribution is -2.37. The molecule has 1 saturated heterocycles. The summed E-state index contributed by atoms with van der Waals surface area (Å²) in [6, 6.07) is 8.57. The number of carbonyl (C=O) groups is 2. The van der Waals surface area contributed by atoms with Gasteiger partial charge in [-0.15, -0.1) is 0 Å². The third-order valence-electron chi connectivity index (χ3n) is 4.82. The van der Waals surface area contributed by atoms with Crippen LogP contribution >= 0.6 is 0 Å². The first-order chi connectivity index (χ1) is 10.1. The van der Waals surface area contributed by atoms with E-state index in [0.717, 1.165) is 12.8 Å². The van der Waals surface area contributed by atoms with E-state index in [1.807, 2.05) is 6.07 Å². The topological polar surface area (TPSA) is 81.4 Å². The fraction of sp³-hybridized carbons (Fsp3) is 0.438. The highest BCUT2D eigenvalue weighted by Gasteiger charge is 2.55. The van der Waals surface area contributed by atoms with Gasteiger partial charge < -0.3 is 10.0 Å². The Balaban J connectivity index is 1.84. The highest BCUT2D eigenvalue weighted by atomic mass is 16.4. The number of rotatable bonds is 2. The van der Waals surface area contributed by atoms with Gasteiger partial charge in [-0.2, -0.15) is 5.26 Å². The van der Waals surface area contributed by atoms with E-state index in [-0.39, 0.29) is 18.4 Å². The second-order valence-corrected chi connectivity index (χ2v) is 5.93. The predicted molar refractivity (Wildman–Crippen MR) is 74.5 cm³/mol. The van der Waals surface area contributed by atoms with Gasteiger partial charge in [-0.1, -0.05) is 12.5 Å². The molecule has 1 amide bonds. The minimum Gasteiger partial charge on any atom is -0.481 e. The maximum absolute atomic E-state index is 12.5. The van der Waals surface area contributed by atoms with Gasteiger partial charge in [0, 0.05) is 18.7 Å². The van der Waals surface area contributed by atoms with E-state index in [9.17, 15) is 14.7 Å². The minimum absolute atomic E-state index is 0.0538. The van der Waals surface area contributed by atoms with E-state index in [4.69, 9.17) is 5.26 Å². The fourth-order valence-corrected chi connectivity index (χ4v) is 3.70. The van der Waals surface area contributed by atoms with Gasteiger partial charge in [0.15, 0.2) is 0 Å². The zero-order valence-corrected chi connectivity index (χ0v) is 11.6. The van der Waals surface area contributed by atoms with Gasteiger partial charge in [0.1, 0.15) is 0 Å². The number of aliphatic carboxylic acids is 1. The first kappa shape index (κ1) is 13.6. The molecule has 21 heavy (non-hydrogen) atoms. The molecule has 5 nitrogen and oxygen atoms in total. The van der Waals surface area contributed by atoms with E-state index in [2.05, 4.69) is 0 Å². The van der Waals surface area contributed by atoms with Crippen LogP contribution in [0.5, 0.6) is 0 Å². The summed E-state index contributed by atoms with van der Waals surface area (Å²) in [5.74, 6) is -0.911. The number of hydrogen-bond donors (Lipinski definition) is 1. The summed E-state index contributed by atoms with van der Waals surface area (Å²) in [6.07, 6.45) is 2.44. The lowest BCUT2D eigenvalue weighted by Gasteiger charge is -2.23. The second kappa shape index (κ2) is 4.88. The van der Waals surface area contributed by atoms with E-state index in [1.165, 1.54) is 0 Å². The van der Waals surface area contributed by atoms with Crippen molar-refractivity contribution < 1.29 is 14.7 Å². The number of likely N-dealkylation sites (tertiary alicyclic amines) is 1. The molecule has 2 aliphatic rings. The van der Waals surface area contributed by atoms with Crippen molar-refractivity contribution in [3.05, 3.63) is 35.4 Å². The number of hydrogen-bond acceptors (Lipinski definition) is 3. The quantitative estimate of drug-likeness (QED) is 0.899. The van der Waals surface area contributed by atoms with Crippen LogP contribution in [0.15, 0.2) is 24.3 Å². The minimum atomic E-state index is -0.786. The molecule has 0 unspecified atom stereocenters. The standard InChI is InChI=1S/C16H16N2O3/c17-8-11-3-1-4-12(7-11)14(19)18-9-13-5-2-6-16(13,10-18)15(20)21/h1,3-4,7,13H,2,5-6,9-10H2,(H,20,21)/t13-,16+/m0/s1. The molecule has 1 aromatic carbocycles. The van der Waals surface area contributed by atoms with Crippen LogP contribution in [-0.2, 0) is 4.79 Å². The lowest BCUT2D eigenvalue weighted by atomic mass is 9.81. The molecule has 0 spiro atoms. The molecule has 2 fully saturated rings. The first-order valence-electron chi connectivity index (χ1n) is 7.10. The normalized spacial score (nSPS) is 27.2. The average Bonchev–Trinajstić information content (AvgIpc) is 3.04. The molecule has 2 atom stereocenters. The maximum atomic E-state index is 12.5. The van der Waals surface area contributed by atoms with Crippen molar-refractivity contribution in [2.45, 2.75) is 19.3 Å². The number of amides is 1. The molecular weight excluding hydrogens is 268 g/mol. The molecule has 108 valence electrons. The van der Waals surface area contributed by atoms with Crippen molar-refractivity contribution in [3.63, 3.8) is 0 Å². The summed E-state index contributed by atoms with van der Waals surface area (Å²) < 4.78 is 0. The molecule has 5 heteroatoms. The molecule has 1 aliphatic heterocycles. The molecule has 1 aromatic rings. The van der Waals surface area contributed by atoms with Crippen LogP contribution < -0.4 is 0 Å².